The van der Waals surface area contributed by atoms with Crippen LogP contribution in [-0.2, 0) is 17.4 Å². The molecule has 2 aromatic rings. The first-order valence-electron chi connectivity index (χ1n) is 13.7. The number of likely N-dealkylation sites (tertiary alicyclic amines) is 1. The molecule has 2 fully saturated rings. The van der Waals surface area contributed by atoms with Gasteiger partial charge in [-0.1, -0.05) is 12.8 Å². The lowest BCUT2D eigenvalue weighted by Crippen LogP contribution is -2.43. The van der Waals surface area contributed by atoms with Crippen LogP contribution < -0.4 is 20.7 Å². The van der Waals surface area contributed by atoms with Crippen molar-refractivity contribution in [1.82, 2.24) is 25.5 Å². The quantitative estimate of drug-likeness (QED) is 0.440. The molecule has 0 bridgehead atoms. The number of nitrogens with one attached hydrogen (secondary N) is 3. The van der Waals surface area contributed by atoms with E-state index in [1.54, 1.807) is 18.2 Å². The van der Waals surface area contributed by atoms with Crippen LogP contribution in [0.4, 0.5) is 24.8 Å². The number of benzene rings is 1. The van der Waals surface area contributed by atoms with Gasteiger partial charge in [-0.15, -0.1) is 0 Å². The minimum atomic E-state index is -4.62. The number of piperidine rings is 1. The monoisotopic (exact) mass is 562 g/mol. The molecule has 1 aliphatic carbocycles. The van der Waals surface area contributed by atoms with Crippen LogP contribution in [0.2, 0.25) is 0 Å². The molecule has 1 saturated heterocycles. The van der Waals surface area contributed by atoms with Gasteiger partial charge in [0.15, 0.2) is 0 Å². The van der Waals surface area contributed by atoms with Crippen molar-refractivity contribution in [2.24, 2.45) is 5.92 Å². The molecule has 0 spiro atoms. The maximum absolute atomic E-state index is 13.9. The Kier molecular flexibility index (Phi) is 9.49. The average molecular weight is 563 g/mol. The Morgan fingerprint density at radius 2 is 1.82 bits per heavy atom. The van der Waals surface area contributed by atoms with Crippen molar-refractivity contribution in [2.45, 2.75) is 70.1 Å². The number of alkyl halides is 3. The number of carbonyl (C=O) groups excluding carboxylic acids is 2. The van der Waals surface area contributed by atoms with Crippen LogP contribution in [0.5, 0.6) is 5.75 Å². The van der Waals surface area contributed by atoms with Gasteiger partial charge >= 0.3 is 6.18 Å². The average Bonchev–Trinajstić information content (AvgIpc) is 2.90. The Balaban J connectivity index is 1.53. The highest BCUT2D eigenvalue weighted by Crippen LogP contribution is 2.36. The van der Waals surface area contributed by atoms with Crippen molar-refractivity contribution in [1.29, 1.82) is 0 Å². The Morgan fingerprint density at radius 3 is 2.50 bits per heavy atom. The van der Waals surface area contributed by atoms with Crippen molar-refractivity contribution in [3.8, 4) is 5.75 Å². The first-order chi connectivity index (χ1) is 19.0. The van der Waals surface area contributed by atoms with Crippen LogP contribution in [0, 0.1) is 5.92 Å². The number of rotatable bonds is 8. The number of carbonyl (C=O) groups is 2. The lowest BCUT2D eigenvalue weighted by atomic mass is 9.81. The second kappa shape index (κ2) is 12.8. The molecule has 2 amide bonds. The van der Waals surface area contributed by atoms with Crippen LogP contribution in [0.1, 0.15) is 67.1 Å². The molecule has 2 heterocycles. The molecule has 0 radical (unpaired) electrons. The van der Waals surface area contributed by atoms with E-state index >= 15 is 0 Å². The summed E-state index contributed by atoms with van der Waals surface area (Å²) in [5.41, 5.74) is -0.187. The number of amides is 2. The molecule has 4 rings (SSSR count). The van der Waals surface area contributed by atoms with Crippen LogP contribution >= 0.6 is 0 Å². The second-order valence-electron chi connectivity index (χ2n) is 10.7. The highest BCUT2D eigenvalue weighted by Gasteiger charge is 2.37. The Morgan fingerprint density at radius 1 is 1.10 bits per heavy atom. The van der Waals surface area contributed by atoms with E-state index in [9.17, 15) is 22.8 Å². The summed E-state index contributed by atoms with van der Waals surface area (Å²) >= 11 is 0. The van der Waals surface area contributed by atoms with Gasteiger partial charge in [0.2, 0.25) is 11.9 Å². The number of hydrogen-bond acceptors (Lipinski definition) is 7. The molecule has 1 aromatic heterocycles. The molecule has 40 heavy (non-hydrogen) atoms. The van der Waals surface area contributed by atoms with Gasteiger partial charge in [0.1, 0.15) is 5.75 Å². The number of anilines is 2. The van der Waals surface area contributed by atoms with E-state index in [4.69, 9.17) is 4.74 Å². The van der Waals surface area contributed by atoms with Crippen molar-refractivity contribution in [2.75, 3.05) is 32.6 Å². The number of nitrogens with zero attached hydrogens (tertiary/aromatic N) is 3. The lowest BCUT2D eigenvalue weighted by Gasteiger charge is -2.32. The van der Waals surface area contributed by atoms with Crippen LogP contribution in [0.15, 0.2) is 24.4 Å². The van der Waals surface area contributed by atoms with Gasteiger partial charge in [-0.2, -0.15) is 13.2 Å². The molecule has 9 nitrogen and oxygen atoms in total. The van der Waals surface area contributed by atoms with Crippen LogP contribution in [-0.4, -0.2) is 66.0 Å². The molecule has 3 N–H and O–H groups in total. The molecular formula is C28H37F3N6O3. The predicted molar refractivity (Wildman–Crippen MR) is 145 cm³/mol. The zero-order chi connectivity index (χ0) is 28.9. The highest BCUT2D eigenvalue weighted by atomic mass is 19.4. The molecule has 2 atom stereocenters. The van der Waals surface area contributed by atoms with Crippen molar-refractivity contribution in [3.05, 3.63) is 41.2 Å². The van der Waals surface area contributed by atoms with E-state index in [0.29, 0.717) is 23.4 Å². The summed E-state index contributed by atoms with van der Waals surface area (Å²) in [6, 6.07) is 4.72. The normalized spacial score (nSPS) is 20.6. The van der Waals surface area contributed by atoms with Gasteiger partial charge in [0.25, 0.3) is 5.91 Å². The highest BCUT2D eigenvalue weighted by molar-refractivity contribution is 5.95. The SMILES string of the molecule is COc1cc(C(=O)NC2CCN(C)CC2)ccc1Nc1ncc(C(F)(F)F)c(C[C@@H]2CCCC[C@@H]2NC(C)=O)n1. The number of ether oxygens (including phenoxy) is 1. The first-order valence-corrected chi connectivity index (χ1v) is 13.7. The Hall–Kier alpha value is -3.41. The summed E-state index contributed by atoms with van der Waals surface area (Å²) in [5.74, 6) is -0.267. The zero-order valence-electron chi connectivity index (χ0n) is 23.1. The first kappa shape index (κ1) is 29.6. The minimum absolute atomic E-state index is 0.0169. The van der Waals surface area contributed by atoms with Crippen molar-refractivity contribution in [3.63, 3.8) is 0 Å². The van der Waals surface area contributed by atoms with E-state index in [1.165, 1.54) is 14.0 Å². The molecule has 2 aliphatic rings. The molecule has 1 saturated carbocycles. The predicted octanol–water partition coefficient (Wildman–Crippen LogP) is 4.31. The smallest absolute Gasteiger partial charge is 0.419 e. The van der Waals surface area contributed by atoms with Crippen molar-refractivity contribution < 1.29 is 27.5 Å². The standard InChI is InChI=1S/C28H37F3N6O3/c1-17(38)33-22-7-5-4-6-18(22)14-24-21(28(29,30)31)16-32-27(36-24)35-23-9-8-19(15-25(23)40-3)26(39)34-20-10-12-37(2)13-11-20/h8-9,15-16,18,20,22H,4-7,10-14H2,1-3H3,(H,33,38)(H,34,39)(H,32,35,36)/t18-,22-/m0/s1. The van der Waals surface area contributed by atoms with Gasteiger partial charge in [0, 0.05) is 30.8 Å². The number of aromatic nitrogens is 2. The summed E-state index contributed by atoms with van der Waals surface area (Å²) in [7, 11) is 3.50. The van der Waals surface area contributed by atoms with Crippen molar-refractivity contribution >= 4 is 23.5 Å². The molecule has 0 unspecified atom stereocenters. The maximum atomic E-state index is 13.9. The van der Waals surface area contributed by atoms with E-state index in [-0.39, 0.29) is 47.9 Å². The second-order valence-corrected chi connectivity index (χ2v) is 10.7. The van der Waals surface area contributed by atoms with E-state index in [2.05, 4.69) is 37.9 Å². The summed E-state index contributed by atoms with van der Waals surface area (Å²) in [5, 5.41) is 8.90. The fraction of sp³-hybridized carbons (Fsp3) is 0.571. The van der Waals surface area contributed by atoms with E-state index in [0.717, 1.165) is 51.4 Å². The third-order valence-corrected chi connectivity index (χ3v) is 7.69. The Labute approximate surface area is 232 Å². The van der Waals surface area contributed by atoms with Gasteiger partial charge in [-0.25, -0.2) is 9.97 Å². The molecule has 218 valence electrons. The molecule has 12 heteroatoms. The summed E-state index contributed by atoms with van der Waals surface area (Å²) in [6.07, 6.45) is 1.19. The topological polar surface area (TPSA) is 108 Å². The number of halogens is 3. The molecule has 1 aliphatic heterocycles. The molecule has 1 aromatic carbocycles. The van der Waals surface area contributed by atoms with Crippen LogP contribution in [0.25, 0.3) is 0 Å². The van der Waals surface area contributed by atoms with Gasteiger partial charge < -0.3 is 25.6 Å². The fourth-order valence-corrected chi connectivity index (χ4v) is 5.50. The summed E-state index contributed by atoms with van der Waals surface area (Å²) in [6.45, 7) is 3.25. The molecular weight excluding hydrogens is 525 g/mol. The summed E-state index contributed by atoms with van der Waals surface area (Å²) in [4.78, 5) is 34.9. The largest absolute Gasteiger partial charge is 0.495 e. The van der Waals surface area contributed by atoms with Gasteiger partial charge in [0.05, 0.1) is 24.1 Å². The maximum Gasteiger partial charge on any atom is 0.419 e. The number of hydrogen-bond donors (Lipinski definition) is 3. The zero-order valence-corrected chi connectivity index (χ0v) is 23.1. The van der Waals surface area contributed by atoms with E-state index in [1.807, 2.05) is 0 Å². The third kappa shape index (κ3) is 7.61. The Bertz CT molecular complexity index is 1200. The van der Waals surface area contributed by atoms with E-state index < -0.39 is 11.7 Å². The third-order valence-electron chi connectivity index (χ3n) is 7.69. The summed E-state index contributed by atoms with van der Waals surface area (Å²) < 4.78 is 47.1. The minimum Gasteiger partial charge on any atom is -0.495 e. The van der Waals surface area contributed by atoms with Crippen LogP contribution in [0.3, 0.4) is 0 Å². The van der Waals surface area contributed by atoms with Gasteiger partial charge in [-0.3, -0.25) is 9.59 Å². The number of methoxy groups -OCH3 is 1. The lowest BCUT2D eigenvalue weighted by molar-refractivity contribution is -0.139. The van der Waals surface area contributed by atoms with Gasteiger partial charge in [-0.05, 0) is 76.4 Å². The fourth-order valence-electron chi connectivity index (χ4n) is 5.50.